The first kappa shape index (κ1) is 9.24. The molecule has 68 valence electrons. The molecule has 0 saturated heterocycles. The molecule has 5 heteroatoms. The Morgan fingerprint density at radius 2 is 2.31 bits per heavy atom. The van der Waals surface area contributed by atoms with Crippen LogP contribution in [0.1, 0.15) is 0 Å². The number of methoxy groups -OCH3 is 1. The van der Waals surface area contributed by atoms with Crippen molar-refractivity contribution in [3.05, 3.63) is 21.1 Å². The molecule has 0 aliphatic heterocycles. The average molecular weight is 279 g/mol. The van der Waals surface area contributed by atoms with Gasteiger partial charge in [0.05, 0.1) is 22.3 Å². The van der Waals surface area contributed by atoms with Crippen molar-refractivity contribution in [1.82, 2.24) is 4.98 Å². The molecule has 0 bridgehead atoms. The molecule has 2 nitrogen and oxygen atoms in total. The van der Waals surface area contributed by atoms with Gasteiger partial charge in [-0.2, -0.15) is 0 Å². The smallest absolute Gasteiger partial charge is 0.160 e. The fourth-order valence-electron chi connectivity index (χ4n) is 1.06. The standard InChI is InChI=1S/C8H5BrClNOS/c1-12-6-3-7-5(2-4(6)10)11-8(9)13-7/h2-3H,1H3. The van der Waals surface area contributed by atoms with E-state index in [0.717, 1.165) is 14.1 Å². The van der Waals surface area contributed by atoms with Gasteiger partial charge < -0.3 is 4.74 Å². The SMILES string of the molecule is COc1cc2sc(Br)nc2cc1Cl. The molecule has 2 aromatic rings. The van der Waals surface area contributed by atoms with Gasteiger partial charge in [0.25, 0.3) is 0 Å². The summed E-state index contributed by atoms with van der Waals surface area (Å²) < 4.78 is 7.01. The highest BCUT2D eigenvalue weighted by atomic mass is 79.9. The summed E-state index contributed by atoms with van der Waals surface area (Å²) in [6.07, 6.45) is 0. The van der Waals surface area contributed by atoms with Gasteiger partial charge in [0, 0.05) is 6.07 Å². The average Bonchev–Trinajstić information content (AvgIpc) is 2.42. The summed E-state index contributed by atoms with van der Waals surface area (Å²) in [6, 6.07) is 3.69. The molecule has 0 saturated carbocycles. The van der Waals surface area contributed by atoms with Crippen LogP contribution in [0.25, 0.3) is 10.2 Å². The van der Waals surface area contributed by atoms with E-state index in [1.165, 1.54) is 0 Å². The van der Waals surface area contributed by atoms with Gasteiger partial charge >= 0.3 is 0 Å². The van der Waals surface area contributed by atoms with Crippen LogP contribution in [0.3, 0.4) is 0 Å². The summed E-state index contributed by atoms with van der Waals surface area (Å²) in [4.78, 5) is 4.24. The van der Waals surface area contributed by atoms with Crippen molar-refractivity contribution in [2.24, 2.45) is 0 Å². The maximum atomic E-state index is 5.94. The van der Waals surface area contributed by atoms with Gasteiger partial charge in [-0.25, -0.2) is 4.98 Å². The maximum Gasteiger partial charge on any atom is 0.160 e. The number of ether oxygens (including phenoxy) is 1. The first-order valence-electron chi connectivity index (χ1n) is 3.50. The van der Waals surface area contributed by atoms with Crippen LogP contribution >= 0.6 is 38.9 Å². The quantitative estimate of drug-likeness (QED) is 0.793. The molecule has 13 heavy (non-hydrogen) atoms. The Morgan fingerprint density at radius 3 is 3.00 bits per heavy atom. The minimum absolute atomic E-state index is 0.591. The van der Waals surface area contributed by atoms with Gasteiger partial charge in [0.15, 0.2) is 3.92 Å². The van der Waals surface area contributed by atoms with E-state index < -0.39 is 0 Å². The molecule has 0 aliphatic rings. The first-order valence-corrected chi connectivity index (χ1v) is 5.49. The van der Waals surface area contributed by atoms with Crippen molar-refractivity contribution >= 4 is 49.1 Å². The summed E-state index contributed by atoms with van der Waals surface area (Å²) in [6.45, 7) is 0. The zero-order chi connectivity index (χ0) is 9.42. The topological polar surface area (TPSA) is 22.1 Å². The molecule has 1 aromatic heterocycles. The van der Waals surface area contributed by atoms with Crippen molar-refractivity contribution < 1.29 is 4.74 Å². The largest absolute Gasteiger partial charge is 0.495 e. The third-order valence-electron chi connectivity index (χ3n) is 1.64. The third kappa shape index (κ3) is 1.66. The van der Waals surface area contributed by atoms with Crippen LogP contribution in [-0.2, 0) is 0 Å². The molecule has 0 spiro atoms. The van der Waals surface area contributed by atoms with Crippen LogP contribution in [0.4, 0.5) is 0 Å². The van der Waals surface area contributed by atoms with Crippen molar-refractivity contribution in [3.8, 4) is 5.75 Å². The fraction of sp³-hybridized carbons (Fsp3) is 0.125. The third-order valence-corrected chi connectivity index (χ3v) is 3.40. The number of hydrogen-bond acceptors (Lipinski definition) is 3. The van der Waals surface area contributed by atoms with Crippen molar-refractivity contribution in [1.29, 1.82) is 0 Å². The van der Waals surface area contributed by atoms with Gasteiger partial charge in [-0.1, -0.05) is 11.6 Å². The molecule has 1 heterocycles. The zero-order valence-electron chi connectivity index (χ0n) is 6.67. The number of fused-ring (bicyclic) bond motifs is 1. The highest BCUT2D eigenvalue weighted by Crippen LogP contribution is 2.34. The van der Waals surface area contributed by atoms with E-state index in [-0.39, 0.29) is 0 Å². The van der Waals surface area contributed by atoms with Crippen LogP contribution in [-0.4, -0.2) is 12.1 Å². The Balaban J connectivity index is 2.72. The lowest BCUT2D eigenvalue weighted by Gasteiger charge is -2.00. The minimum atomic E-state index is 0.591. The van der Waals surface area contributed by atoms with Crippen LogP contribution in [0, 0.1) is 0 Å². The Morgan fingerprint density at radius 1 is 1.54 bits per heavy atom. The van der Waals surface area contributed by atoms with E-state index in [9.17, 15) is 0 Å². The number of benzene rings is 1. The highest BCUT2D eigenvalue weighted by Gasteiger charge is 2.06. The number of halogens is 2. The van der Waals surface area contributed by atoms with Gasteiger partial charge in [-0.15, -0.1) is 11.3 Å². The second-order valence-electron chi connectivity index (χ2n) is 2.42. The Kier molecular flexibility index (Phi) is 2.45. The highest BCUT2D eigenvalue weighted by molar-refractivity contribution is 9.11. The molecule has 0 radical (unpaired) electrons. The predicted molar refractivity (Wildman–Crippen MR) is 58.9 cm³/mol. The van der Waals surface area contributed by atoms with E-state index in [0.29, 0.717) is 10.8 Å². The molecule has 0 fully saturated rings. The summed E-state index contributed by atoms with van der Waals surface area (Å²) in [5.41, 5.74) is 0.891. The lowest BCUT2D eigenvalue weighted by Crippen LogP contribution is -1.82. The van der Waals surface area contributed by atoms with Crippen LogP contribution in [0.2, 0.25) is 5.02 Å². The molecule has 1 aromatic carbocycles. The normalized spacial score (nSPS) is 10.7. The number of nitrogens with zero attached hydrogens (tertiary/aromatic N) is 1. The van der Waals surface area contributed by atoms with Gasteiger partial charge in [-0.3, -0.25) is 0 Å². The summed E-state index contributed by atoms with van der Waals surface area (Å²) in [5.74, 6) is 0.685. The molecular formula is C8H5BrClNOS. The van der Waals surface area contributed by atoms with Crippen molar-refractivity contribution in [2.75, 3.05) is 7.11 Å². The Bertz CT molecular complexity index is 457. The van der Waals surface area contributed by atoms with E-state index in [1.54, 1.807) is 24.5 Å². The van der Waals surface area contributed by atoms with E-state index >= 15 is 0 Å². The number of thiazole rings is 1. The van der Waals surface area contributed by atoms with Gasteiger partial charge in [0.1, 0.15) is 5.75 Å². The summed E-state index contributed by atoms with van der Waals surface area (Å²) >= 11 is 10.8. The maximum absolute atomic E-state index is 5.94. The lowest BCUT2D eigenvalue weighted by atomic mass is 10.3. The molecular weight excluding hydrogens is 274 g/mol. The predicted octanol–water partition coefficient (Wildman–Crippen LogP) is 3.72. The second-order valence-corrected chi connectivity index (χ2v) is 5.14. The van der Waals surface area contributed by atoms with Crippen LogP contribution in [0.5, 0.6) is 5.75 Å². The molecule has 0 amide bonds. The fourth-order valence-corrected chi connectivity index (χ4v) is 2.71. The monoisotopic (exact) mass is 277 g/mol. The van der Waals surface area contributed by atoms with Gasteiger partial charge in [0.2, 0.25) is 0 Å². The zero-order valence-corrected chi connectivity index (χ0v) is 9.83. The molecule has 0 N–H and O–H groups in total. The first-order chi connectivity index (χ1) is 6.20. The van der Waals surface area contributed by atoms with Crippen LogP contribution in [0.15, 0.2) is 16.0 Å². The summed E-state index contributed by atoms with van der Waals surface area (Å²) in [5, 5.41) is 0.591. The molecule has 0 aliphatic carbocycles. The second kappa shape index (κ2) is 3.44. The Labute approximate surface area is 92.6 Å². The van der Waals surface area contributed by atoms with Crippen molar-refractivity contribution in [3.63, 3.8) is 0 Å². The van der Waals surface area contributed by atoms with Gasteiger partial charge in [-0.05, 0) is 22.0 Å². The molecule has 0 atom stereocenters. The Hall–Kier alpha value is -0.320. The van der Waals surface area contributed by atoms with E-state index in [1.807, 2.05) is 6.07 Å². The van der Waals surface area contributed by atoms with Crippen molar-refractivity contribution in [2.45, 2.75) is 0 Å². The number of hydrogen-bond donors (Lipinski definition) is 0. The number of aromatic nitrogens is 1. The minimum Gasteiger partial charge on any atom is -0.495 e. The number of rotatable bonds is 1. The van der Waals surface area contributed by atoms with Crippen LogP contribution < -0.4 is 4.74 Å². The van der Waals surface area contributed by atoms with E-state index in [4.69, 9.17) is 16.3 Å². The van der Waals surface area contributed by atoms with E-state index in [2.05, 4.69) is 20.9 Å². The lowest BCUT2D eigenvalue weighted by molar-refractivity contribution is 0.415. The molecule has 0 unspecified atom stereocenters. The summed E-state index contributed by atoms with van der Waals surface area (Å²) in [7, 11) is 1.60. The molecule has 2 rings (SSSR count).